The number of carbonyl (C=O) groups is 2. The maximum atomic E-state index is 13.3. The van der Waals surface area contributed by atoms with Crippen molar-refractivity contribution in [3.05, 3.63) is 76.9 Å². The van der Waals surface area contributed by atoms with E-state index in [0.29, 0.717) is 26.2 Å². The van der Waals surface area contributed by atoms with Gasteiger partial charge in [0.15, 0.2) is 0 Å². The normalized spacial score (nSPS) is 13.6. The van der Waals surface area contributed by atoms with Gasteiger partial charge in [0, 0.05) is 48.0 Å². The SMILES string of the molecule is C=CCNC(=O)NCc1ccc2c(c1)c1c3c(c4c(c1n2CCO)CCc1cc(OC)ccc1-4)C(=O)NC3. The minimum Gasteiger partial charge on any atom is -0.497 e. The molecule has 3 amide bonds. The summed E-state index contributed by atoms with van der Waals surface area (Å²) in [6, 6.07) is 12.0. The fourth-order valence-corrected chi connectivity index (χ4v) is 6.05. The van der Waals surface area contributed by atoms with E-state index in [1.807, 2.05) is 18.2 Å². The van der Waals surface area contributed by atoms with Gasteiger partial charge in [-0.25, -0.2) is 4.79 Å². The molecule has 3 aromatic carbocycles. The molecule has 0 spiro atoms. The second-order valence-electron chi connectivity index (χ2n) is 9.72. The number of amides is 3. The van der Waals surface area contributed by atoms with Gasteiger partial charge in [0.2, 0.25) is 0 Å². The van der Waals surface area contributed by atoms with Crippen molar-refractivity contribution in [2.24, 2.45) is 0 Å². The highest BCUT2D eigenvalue weighted by molar-refractivity contribution is 6.19. The van der Waals surface area contributed by atoms with Crippen molar-refractivity contribution in [1.29, 1.82) is 0 Å². The number of nitrogens with one attached hydrogen (secondary N) is 3. The number of carbonyl (C=O) groups excluding carboxylic acids is 2. The Bertz CT molecular complexity index is 1640. The van der Waals surface area contributed by atoms with Crippen molar-refractivity contribution in [1.82, 2.24) is 20.5 Å². The highest BCUT2D eigenvalue weighted by Crippen LogP contribution is 2.47. The molecule has 0 atom stereocenters. The van der Waals surface area contributed by atoms with Crippen LogP contribution in [0.4, 0.5) is 4.79 Å². The van der Waals surface area contributed by atoms with Crippen molar-refractivity contribution in [3.8, 4) is 16.9 Å². The molecule has 194 valence electrons. The number of urea groups is 1. The minimum absolute atomic E-state index is 0.00247. The van der Waals surface area contributed by atoms with Crippen LogP contribution in [0.15, 0.2) is 49.1 Å². The smallest absolute Gasteiger partial charge is 0.315 e. The molecule has 0 radical (unpaired) electrons. The topological polar surface area (TPSA) is 105 Å². The summed E-state index contributed by atoms with van der Waals surface area (Å²) in [6.45, 7) is 5.28. The van der Waals surface area contributed by atoms with E-state index in [2.05, 4.69) is 45.3 Å². The van der Waals surface area contributed by atoms with Gasteiger partial charge in [-0.2, -0.15) is 0 Å². The number of rotatable bonds is 7. The Morgan fingerprint density at radius 3 is 2.82 bits per heavy atom. The van der Waals surface area contributed by atoms with Gasteiger partial charge in [-0.05, 0) is 64.9 Å². The number of aromatic nitrogens is 1. The Morgan fingerprint density at radius 2 is 2.03 bits per heavy atom. The molecule has 1 aromatic heterocycles. The first-order valence-corrected chi connectivity index (χ1v) is 12.9. The highest BCUT2D eigenvalue weighted by Gasteiger charge is 2.34. The van der Waals surface area contributed by atoms with Crippen LogP contribution in [0.2, 0.25) is 0 Å². The van der Waals surface area contributed by atoms with Crippen molar-refractivity contribution >= 4 is 33.7 Å². The first kappa shape index (κ1) is 24.1. The summed E-state index contributed by atoms with van der Waals surface area (Å²) in [5.41, 5.74) is 9.15. The van der Waals surface area contributed by atoms with Gasteiger partial charge in [0.05, 0.1) is 24.8 Å². The number of aryl methyl sites for hydroxylation is 2. The summed E-state index contributed by atoms with van der Waals surface area (Å²) >= 11 is 0. The van der Waals surface area contributed by atoms with Gasteiger partial charge in [-0.1, -0.05) is 18.2 Å². The van der Waals surface area contributed by atoms with Crippen molar-refractivity contribution in [2.75, 3.05) is 20.3 Å². The van der Waals surface area contributed by atoms with E-state index in [1.165, 1.54) is 5.56 Å². The Morgan fingerprint density at radius 1 is 1.16 bits per heavy atom. The van der Waals surface area contributed by atoms with E-state index < -0.39 is 0 Å². The lowest BCUT2D eigenvalue weighted by Crippen LogP contribution is -2.34. The van der Waals surface area contributed by atoms with E-state index >= 15 is 0 Å². The molecule has 0 bridgehead atoms. The summed E-state index contributed by atoms with van der Waals surface area (Å²) in [5.74, 6) is 0.754. The van der Waals surface area contributed by atoms with E-state index in [0.717, 1.165) is 73.8 Å². The van der Waals surface area contributed by atoms with Crippen molar-refractivity contribution in [3.63, 3.8) is 0 Å². The molecule has 0 unspecified atom stereocenters. The number of hydrogen-bond acceptors (Lipinski definition) is 4. The van der Waals surface area contributed by atoms with Gasteiger partial charge in [-0.15, -0.1) is 6.58 Å². The van der Waals surface area contributed by atoms with E-state index in [9.17, 15) is 14.7 Å². The average molecular weight is 511 g/mol. The van der Waals surface area contributed by atoms with Crippen LogP contribution in [-0.2, 0) is 32.5 Å². The number of aliphatic hydroxyl groups is 1. The number of hydrogen-bond donors (Lipinski definition) is 4. The molecule has 8 heteroatoms. The summed E-state index contributed by atoms with van der Waals surface area (Å²) in [6.07, 6.45) is 3.25. The van der Waals surface area contributed by atoms with Crippen LogP contribution in [0.25, 0.3) is 32.9 Å². The van der Waals surface area contributed by atoms with Gasteiger partial charge in [0.25, 0.3) is 5.91 Å². The van der Waals surface area contributed by atoms with Gasteiger partial charge < -0.3 is 30.4 Å². The van der Waals surface area contributed by atoms with Crippen LogP contribution in [0, 0.1) is 0 Å². The number of ether oxygens (including phenoxy) is 1. The second kappa shape index (κ2) is 9.54. The molecule has 2 aliphatic rings. The maximum absolute atomic E-state index is 13.3. The zero-order valence-corrected chi connectivity index (χ0v) is 21.3. The van der Waals surface area contributed by atoms with Gasteiger partial charge in [0.1, 0.15) is 5.75 Å². The lowest BCUT2D eigenvalue weighted by Gasteiger charge is -2.25. The molecule has 4 N–H and O–H groups in total. The van der Waals surface area contributed by atoms with Gasteiger partial charge in [-0.3, -0.25) is 4.79 Å². The zero-order valence-electron chi connectivity index (χ0n) is 21.3. The molecule has 8 nitrogen and oxygen atoms in total. The maximum Gasteiger partial charge on any atom is 0.315 e. The Hall–Kier alpha value is -4.30. The third-order valence-corrected chi connectivity index (χ3v) is 7.63. The molecule has 0 saturated heterocycles. The highest BCUT2D eigenvalue weighted by atomic mass is 16.5. The molecule has 1 aliphatic carbocycles. The lowest BCUT2D eigenvalue weighted by molar-refractivity contribution is 0.0966. The lowest BCUT2D eigenvalue weighted by atomic mass is 9.80. The molecule has 38 heavy (non-hydrogen) atoms. The van der Waals surface area contributed by atoms with E-state index in [4.69, 9.17) is 4.74 Å². The molecule has 0 saturated carbocycles. The molecular weight excluding hydrogens is 480 g/mol. The summed E-state index contributed by atoms with van der Waals surface area (Å²) < 4.78 is 7.65. The van der Waals surface area contributed by atoms with Crippen molar-refractivity contribution in [2.45, 2.75) is 32.5 Å². The molecule has 6 rings (SSSR count). The predicted octanol–water partition coefficient (Wildman–Crippen LogP) is 3.79. The summed E-state index contributed by atoms with van der Waals surface area (Å²) in [4.78, 5) is 25.3. The van der Waals surface area contributed by atoms with Crippen LogP contribution >= 0.6 is 0 Å². The van der Waals surface area contributed by atoms with Gasteiger partial charge >= 0.3 is 6.03 Å². The Kier molecular flexibility index (Phi) is 6.04. The Balaban J connectivity index is 1.59. The van der Waals surface area contributed by atoms with Crippen LogP contribution in [0.3, 0.4) is 0 Å². The van der Waals surface area contributed by atoms with Crippen LogP contribution in [0.5, 0.6) is 5.75 Å². The van der Waals surface area contributed by atoms with E-state index in [1.54, 1.807) is 13.2 Å². The predicted molar refractivity (Wildman–Crippen MR) is 148 cm³/mol. The molecule has 4 aromatic rings. The summed E-state index contributed by atoms with van der Waals surface area (Å²) in [7, 11) is 1.66. The molecule has 2 heterocycles. The largest absolute Gasteiger partial charge is 0.497 e. The van der Waals surface area contributed by atoms with E-state index in [-0.39, 0.29) is 18.5 Å². The standard InChI is InChI=1S/C30H30N4O4/c1-3-10-31-30(37)33-15-17-4-9-24-22(13-17)26-23-16-32-29(36)27(23)25-20-8-6-19(38-2)14-18(20)5-7-21(25)28(26)34(24)11-12-35/h3-4,6,8-9,13-14,35H,1,5,7,10-12,15-16H2,2H3,(H,32,36)(H2,31,33,37). The van der Waals surface area contributed by atoms with Crippen LogP contribution < -0.4 is 20.7 Å². The average Bonchev–Trinajstić information content (AvgIpc) is 3.48. The minimum atomic E-state index is -0.257. The molecule has 0 fully saturated rings. The third kappa shape index (κ3) is 3.71. The van der Waals surface area contributed by atoms with Crippen molar-refractivity contribution < 1.29 is 19.4 Å². The number of fused-ring (bicyclic) bond motifs is 10. The number of aliphatic hydroxyl groups excluding tert-OH is 1. The fraction of sp³-hybridized carbons (Fsp3) is 0.267. The monoisotopic (exact) mass is 510 g/mol. The quantitative estimate of drug-likeness (QED) is 0.284. The first-order valence-electron chi connectivity index (χ1n) is 12.9. The Labute approximate surface area is 220 Å². The molecule has 1 aliphatic heterocycles. The number of benzene rings is 3. The fourth-order valence-electron chi connectivity index (χ4n) is 6.05. The number of nitrogens with zero attached hydrogens (tertiary/aromatic N) is 1. The first-order chi connectivity index (χ1) is 18.5. The second-order valence-corrected chi connectivity index (χ2v) is 9.72. The molecular formula is C30H30N4O4. The zero-order chi connectivity index (χ0) is 26.4. The van der Waals surface area contributed by atoms with Crippen LogP contribution in [0.1, 0.15) is 32.6 Å². The summed E-state index contributed by atoms with van der Waals surface area (Å²) in [5, 5.41) is 20.8. The third-order valence-electron chi connectivity index (χ3n) is 7.63. The number of methoxy groups -OCH3 is 1. The van der Waals surface area contributed by atoms with Crippen LogP contribution in [-0.4, -0.2) is 41.9 Å².